The highest BCUT2D eigenvalue weighted by molar-refractivity contribution is 7.99. The molecule has 5 nitrogen and oxygen atoms in total. The van der Waals surface area contributed by atoms with Gasteiger partial charge in [-0.15, -0.1) is 11.3 Å². The highest BCUT2D eigenvalue weighted by atomic mass is 32.2. The molecular weight excluding hydrogens is 318 g/mol. The van der Waals surface area contributed by atoms with Crippen molar-refractivity contribution in [1.29, 1.82) is 0 Å². The quantitative estimate of drug-likeness (QED) is 0.861. The summed E-state index contributed by atoms with van der Waals surface area (Å²) in [6.45, 7) is 1.48. The van der Waals surface area contributed by atoms with E-state index in [4.69, 9.17) is 0 Å². The highest BCUT2D eigenvalue weighted by Crippen LogP contribution is 2.36. The number of rotatable bonds is 3. The molecule has 22 heavy (non-hydrogen) atoms. The van der Waals surface area contributed by atoms with Gasteiger partial charge in [0.1, 0.15) is 6.54 Å². The number of thioether (sulfide) groups is 1. The van der Waals surface area contributed by atoms with Crippen LogP contribution in [0.15, 0.2) is 40.6 Å². The van der Waals surface area contributed by atoms with Gasteiger partial charge in [0.05, 0.1) is 0 Å². The molecule has 0 aromatic carbocycles. The molecular formula is C15H17N3O2S2. The Labute approximate surface area is 137 Å². The molecule has 0 radical (unpaired) electrons. The predicted molar refractivity (Wildman–Crippen MR) is 89.2 cm³/mol. The summed E-state index contributed by atoms with van der Waals surface area (Å²) in [6, 6.07) is 7.23. The first-order valence-corrected chi connectivity index (χ1v) is 9.12. The number of nitrogens with zero attached hydrogens (tertiary/aromatic N) is 3. The van der Waals surface area contributed by atoms with Gasteiger partial charge in [-0.1, -0.05) is 6.07 Å². The first-order valence-electron chi connectivity index (χ1n) is 7.19. The molecule has 0 aliphatic carbocycles. The Bertz CT molecular complexity index is 684. The van der Waals surface area contributed by atoms with E-state index in [1.54, 1.807) is 17.4 Å². The number of aromatic nitrogens is 2. The molecule has 2 aromatic heterocycles. The number of carbonyl (C=O) groups is 1. The monoisotopic (exact) mass is 335 g/mol. The zero-order valence-electron chi connectivity index (χ0n) is 12.1. The molecule has 3 rings (SSSR count). The molecule has 0 N–H and O–H groups in total. The van der Waals surface area contributed by atoms with Crippen LogP contribution in [0.4, 0.5) is 0 Å². The van der Waals surface area contributed by atoms with E-state index in [9.17, 15) is 9.59 Å². The lowest BCUT2D eigenvalue weighted by molar-refractivity contribution is -0.131. The smallest absolute Gasteiger partial charge is 0.267 e. The number of amides is 1. The largest absolute Gasteiger partial charge is 0.340 e. The minimum Gasteiger partial charge on any atom is -0.340 e. The lowest BCUT2D eigenvalue weighted by atomic mass is 10.2. The van der Waals surface area contributed by atoms with Crippen LogP contribution in [0.25, 0.3) is 0 Å². The SMILES string of the molecule is O=C(Cn1ncccc1=O)N1CCS[C@@H](c2cccs2)CC1. The Morgan fingerprint density at radius 3 is 3.00 bits per heavy atom. The second-order valence-corrected chi connectivity index (χ2v) is 7.35. The number of hydrogen-bond donors (Lipinski definition) is 0. The van der Waals surface area contributed by atoms with Gasteiger partial charge in [-0.3, -0.25) is 9.59 Å². The molecule has 116 valence electrons. The van der Waals surface area contributed by atoms with Crippen molar-refractivity contribution in [2.24, 2.45) is 0 Å². The topological polar surface area (TPSA) is 55.2 Å². The summed E-state index contributed by atoms with van der Waals surface area (Å²) < 4.78 is 1.22. The fourth-order valence-electron chi connectivity index (χ4n) is 2.46. The first-order chi connectivity index (χ1) is 10.7. The highest BCUT2D eigenvalue weighted by Gasteiger charge is 2.22. The third-order valence-electron chi connectivity index (χ3n) is 3.63. The molecule has 0 spiro atoms. The van der Waals surface area contributed by atoms with Gasteiger partial charge in [0, 0.05) is 41.2 Å². The molecule has 0 saturated carbocycles. The minimum absolute atomic E-state index is 0.0218. The second kappa shape index (κ2) is 7.11. The van der Waals surface area contributed by atoms with Gasteiger partial charge in [0.15, 0.2) is 0 Å². The Morgan fingerprint density at radius 1 is 1.32 bits per heavy atom. The fourth-order valence-corrected chi connectivity index (χ4v) is 4.69. The van der Waals surface area contributed by atoms with Gasteiger partial charge < -0.3 is 4.90 Å². The van der Waals surface area contributed by atoms with Crippen molar-refractivity contribution in [2.75, 3.05) is 18.8 Å². The van der Waals surface area contributed by atoms with E-state index >= 15 is 0 Å². The van der Waals surface area contributed by atoms with Crippen molar-refractivity contribution in [2.45, 2.75) is 18.2 Å². The molecule has 3 heterocycles. The first kappa shape index (κ1) is 15.3. The summed E-state index contributed by atoms with van der Waals surface area (Å²) in [5.41, 5.74) is -0.239. The summed E-state index contributed by atoms with van der Waals surface area (Å²) in [7, 11) is 0. The Hall–Kier alpha value is -1.60. The summed E-state index contributed by atoms with van der Waals surface area (Å²) in [5.74, 6) is 0.888. The van der Waals surface area contributed by atoms with Crippen LogP contribution in [0.3, 0.4) is 0 Å². The van der Waals surface area contributed by atoms with Gasteiger partial charge in [-0.25, -0.2) is 4.68 Å². The minimum atomic E-state index is -0.239. The summed E-state index contributed by atoms with van der Waals surface area (Å²) >= 11 is 3.68. The molecule has 1 atom stereocenters. The van der Waals surface area contributed by atoms with Crippen molar-refractivity contribution in [3.05, 3.63) is 51.1 Å². The zero-order chi connectivity index (χ0) is 15.4. The molecule has 1 saturated heterocycles. The summed E-state index contributed by atoms with van der Waals surface area (Å²) in [5, 5.41) is 6.51. The molecule has 1 amide bonds. The zero-order valence-corrected chi connectivity index (χ0v) is 13.7. The standard InChI is InChI=1S/C15H17N3O2S2/c19-14-4-1-6-16-18(14)11-15(20)17-7-5-13(22-10-8-17)12-3-2-9-21-12/h1-4,6,9,13H,5,7-8,10-11H2/t13-/m1/s1. The predicted octanol–water partition coefficient (Wildman–Crippen LogP) is 2.01. The second-order valence-electron chi connectivity index (χ2n) is 5.06. The van der Waals surface area contributed by atoms with E-state index in [-0.39, 0.29) is 18.0 Å². The molecule has 0 bridgehead atoms. The van der Waals surface area contributed by atoms with Gasteiger partial charge in [0.25, 0.3) is 5.56 Å². The molecule has 1 fully saturated rings. The fraction of sp³-hybridized carbons (Fsp3) is 0.400. The van der Waals surface area contributed by atoms with Crippen molar-refractivity contribution in [1.82, 2.24) is 14.7 Å². The van der Waals surface area contributed by atoms with Gasteiger partial charge >= 0.3 is 0 Å². The van der Waals surface area contributed by atoms with Crippen LogP contribution in [0, 0.1) is 0 Å². The van der Waals surface area contributed by atoms with Crippen LogP contribution in [-0.4, -0.2) is 39.4 Å². The lowest BCUT2D eigenvalue weighted by Crippen LogP contribution is -2.38. The average Bonchev–Trinajstić information content (AvgIpc) is 2.94. The number of thiophene rings is 1. The number of hydrogen-bond acceptors (Lipinski definition) is 5. The Balaban J connectivity index is 1.62. The maximum atomic E-state index is 12.4. The van der Waals surface area contributed by atoms with Crippen LogP contribution in [-0.2, 0) is 11.3 Å². The third-order valence-corrected chi connectivity index (χ3v) is 6.07. The van der Waals surface area contributed by atoms with Crippen LogP contribution >= 0.6 is 23.1 Å². The molecule has 1 aliphatic rings. The van der Waals surface area contributed by atoms with Gasteiger partial charge in [-0.05, 0) is 23.9 Å². The van der Waals surface area contributed by atoms with E-state index in [1.807, 2.05) is 16.7 Å². The van der Waals surface area contributed by atoms with Crippen LogP contribution in [0.1, 0.15) is 16.5 Å². The van der Waals surface area contributed by atoms with E-state index in [0.717, 1.165) is 25.3 Å². The maximum Gasteiger partial charge on any atom is 0.267 e. The van der Waals surface area contributed by atoms with Crippen LogP contribution in [0.5, 0.6) is 0 Å². The molecule has 2 aromatic rings. The van der Waals surface area contributed by atoms with Crippen molar-refractivity contribution in [3.8, 4) is 0 Å². The van der Waals surface area contributed by atoms with Gasteiger partial charge in [-0.2, -0.15) is 16.9 Å². The molecule has 1 aliphatic heterocycles. The van der Waals surface area contributed by atoms with Crippen LogP contribution < -0.4 is 5.56 Å². The normalized spacial score (nSPS) is 18.9. The lowest BCUT2D eigenvalue weighted by Gasteiger charge is -2.20. The summed E-state index contributed by atoms with van der Waals surface area (Å²) in [6.07, 6.45) is 2.48. The third kappa shape index (κ3) is 3.59. The van der Waals surface area contributed by atoms with Crippen molar-refractivity contribution < 1.29 is 4.79 Å². The van der Waals surface area contributed by atoms with E-state index in [1.165, 1.54) is 21.8 Å². The molecule has 0 unspecified atom stereocenters. The Kier molecular flexibility index (Phi) is 4.94. The van der Waals surface area contributed by atoms with Crippen molar-refractivity contribution in [3.63, 3.8) is 0 Å². The molecule has 7 heteroatoms. The van der Waals surface area contributed by atoms with Crippen LogP contribution in [0.2, 0.25) is 0 Å². The number of carbonyl (C=O) groups excluding carboxylic acids is 1. The Morgan fingerprint density at radius 2 is 2.23 bits per heavy atom. The summed E-state index contributed by atoms with van der Waals surface area (Å²) in [4.78, 5) is 27.2. The van der Waals surface area contributed by atoms with E-state index in [0.29, 0.717) is 5.25 Å². The maximum absolute atomic E-state index is 12.4. The van der Waals surface area contributed by atoms with E-state index in [2.05, 4.69) is 22.6 Å². The van der Waals surface area contributed by atoms with Crippen molar-refractivity contribution >= 4 is 29.0 Å². The van der Waals surface area contributed by atoms with Gasteiger partial charge in [0.2, 0.25) is 5.91 Å². The van der Waals surface area contributed by atoms with E-state index < -0.39 is 0 Å². The average molecular weight is 335 g/mol.